The summed E-state index contributed by atoms with van der Waals surface area (Å²) < 4.78 is 5.98. The summed E-state index contributed by atoms with van der Waals surface area (Å²) in [5, 5.41) is 11.0. The van der Waals surface area contributed by atoms with Gasteiger partial charge in [0.05, 0.1) is 5.69 Å². The monoisotopic (exact) mass is 404 g/mol. The summed E-state index contributed by atoms with van der Waals surface area (Å²) in [7, 11) is 1.82. The average Bonchev–Trinajstić information content (AvgIpc) is 2.75. The number of carbonyl (C=O) groups excluding carboxylic acids is 1. The number of aryl methyl sites for hydroxylation is 1. The third-order valence-corrected chi connectivity index (χ3v) is 4.42. The van der Waals surface area contributed by atoms with E-state index in [2.05, 4.69) is 10.3 Å². The molecule has 4 N–H and O–H groups in total. The summed E-state index contributed by atoms with van der Waals surface area (Å²) in [6.07, 6.45) is 1.67. The molecule has 0 aliphatic carbocycles. The molecule has 0 aliphatic rings. The largest absolute Gasteiger partial charge is 0.457 e. The van der Waals surface area contributed by atoms with Crippen LogP contribution in [-0.2, 0) is 0 Å². The second kappa shape index (κ2) is 10.2. The lowest BCUT2D eigenvalue weighted by Crippen LogP contribution is -2.12. The Morgan fingerprint density at radius 1 is 1.03 bits per heavy atom. The highest BCUT2D eigenvalue weighted by molar-refractivity contribution is 6.01. The van der Waals surface area contributed by atoms with Crippen LogP contribution in [0.4, 0.5) is 5.69 Å². The van der Waals surface area contributed by atoms with E-state index in [9.17, 15) is 4.79 Å². The highest BCUT2D eigenvalue weighted by Crippen LogP contribution is 2.29. The second-order valence-corrected chi connectivity index (χ2v) is 6.46. The molecule has 0 atom stereocenters. The number of primary amides is 1. The Balaban J connectivity index is 0.00000155. The van der Waals surface area contributed by atoms with Crippen LogP contribution < -0.4 is 15.8 Å². The van der Waals surface area contributed by atoms with Crippen molar-refractivity contribution in [2.24, 2.45) is 5.73 Å². The number of ether oxygens (including phenoxy) is 1. The number of nitrogens with one attached hydrogen (secondary N) is 2. The fourth-order valence-electron chi connectivity index (χ4n) is 2.98. The maximum Gasteiger partial charge on any atom is 0.248 e. The van der Waals surface area contributed by atoms with Crippen LogP contribution in [0, 0.1) is 12.3 Å². The molecule has 0 bridgehead atoms. The van der Waals surface area contributed by atoms with Crippen molar-refractivity contribution in [1.29, 1.82) is 5.41 Å². The van der Waals surface area contributed by atoms with E-state index < -0.39 is 5.91 Å². The molecule has 1 amide bonds. The number of nitrogens with zero attached hydrogens (tertiary/aromatic N) is 1. The second-order valence-electron chi connectivity index (χ2n) is 6.46. The lowest BCUT2D eigenvalue weighted by atomic mass is 10.0. The molecule has 30 heavy (non-hydrogen) atoms. The Morgan fingerprint density at radius 2 is 1.73 bits per heavy atom. The first-order chi connectivity index (χ1) is 14.4. The topological polar surface area (TPSA) is 101 Å². The maximum absolute atomic E-state index is 11.4. The molecule has 0 spiro atoms. The van der Waals surface area contributed by atoms with Crippen LogP contribution in [0.15, 0.2) is 54.7 Å². The molecule has 1 aromatic heterocycles. The van der Waals surface area contributed by atoms with Crippen molar-refractivity contribution in [2.45, 2.75) is 27.7 Å². The molecule has 0 saturated carbocycles. The number of aromatic nitrogens is 1. The Kier molecular flexibility index (Phi) is 7.69. The van der Waals surface area contributed by atoms with Gasteiger partial charge in [-0.05, 0) is 55.8 Å². The van der Waals surface area contributed by atoms with Gasteiger partial charge in [0.25, 0.3) is 0 Å². The Labute approximate surface area is 177 Å². The number of anilines is 1. The van der Waals surface area contributed by atoms with Crippen molar-refractivity contribution in [1.82, 2.24) is 4.98 Å². The fraction of sp³-hybridized carbons (Fsp3) is 0.208. The quantitative estimate of drug-likeness (QED) is 0.479. The number of nitrogens with two attached hydrogens (primary N) is 1. The maximum atomic E-state index is 11.4. The summed E-state index contributed by atoms with van der Waals surface area (Å²) in [5.41, 5.74) is 10.4. The van der Waals surface area contributed by atoms with Crippen LogP contribution >= 0.6 is 0 Å². The minimum Gasteiger partial charge on any atom is -0.457 e. The molecule has 6 nitrogen and oxygen atoms in total. The van der Waals surface area contributed by atoms with Crippen LogP contribution in [0.1, 0.15) is 42.3 Å². The van der Waals surface area contributed by atoms with Gasteiger partial charge in [0.2, 0.25) is 5.91 Å². The van der Waals surface area contributed by atoms with Crippen LogP contribution in [0.3, 0.4) is 0 Å². The Morgan fingerprint density at radius 3 is 2.33 bits per heavy atom. The van der Waals surface area contributed by atoms with Gasteiger partial charge in [-0.1, -0.05) is 19.9 Å². The van der Waals surface area contributed by atoms with Gasteiger partial charge >= 0.3 is 0 Å². The van der Waals surface area contributed by atoms with E-state index in [0.29, 0.717) is 22.8 Å². The van der Waals surface area contributed by atoms with Gasteiger partial charge in [-0.3, -0.25) is 9.78 Å². The zero-order valence-electron chi connectivity index (χ0n) is 18.0. The SMILES string of the molecule is CC.CNc1ccc(Oc2ccnc(-c3ccc(C(N)=O)c(C)c3)c2)cc1C(C)=N. The number of hydrogen-bond donors (Lipinski definition) is 3. The highest BCUT2D eigenvalue weighted by Gasteiger charge is 2.10. The Hall–Kier alpha value is -3.67. The first-order valence-electron chi connectivity index (χ1n) is 9.81. The van der Waals surface area contributed by atoms with Crippen molar-refractivity contribution >= 4 is 17.3 Å². The summed E-state index contributed by atoms with van der Waals surface area (Å²) in [6, 6.07) is 14.6. The molecular formula is C24H28N4O2. The van der Waals surface area contributed by atoms with Crippen LogP contribution in [0.25, 0.3) is 11.3 Å². The fourth-order valence-corrected chi connectivity index (χ4v) is 2.98. The number of amides is 1. The zero-order chi connectivity index (χ0) is 22.3. The average molecular weight is 405 g/mol. The molecule has 156 valence electrons. The summed E-state index contributed by atoms with van der Waals surface area (Å²) >= 11 is 0. The van der Waals surface area contributed by atoms with E-state index >= 15 is 0 Å². The molecule has 3 rings (SSSR count). The molecular weight excluding hydrogens is 376 g/mol. The zero-order valence-corrected chi connectivity index (χ0v) is 18.0. The summed E-state index contributed by atoms with van der Waals surface area (Å²) in [4.78, 5) is 15.8. The molecule has 0 unspecified atom stereocenters. The van der Waals surface area contributed by atoms with Crippen molar-refractivity contribution in [3.05, 3.63) is 71.4 Å². The first-order valence-corrected chi connectivity index (χ1v) is 9.81. The Bertz CT molecular complexity index is 1060. The molecule has 6 heteroatoms. The van der Waals surface area contributed by atoms with Crippen LogP contribution in [-0.4, -0.2) is 23.7 Å². The van der Waals surface area contributed by atoms with Crippen molar-refractivity contribution in [3.63, 3.8) is 0 Å². The van der Waals surface area contributed by atoms with Gasteiger partial charge < -0.3 is 21.2 Å². The van der Waals surface area contributed by atoms with Gasteiger partial charge in [0, 0.05) is 47.4 Å². The number of carbonyl (C=O) groups is 1. The van der Waals surface area contributed by atoms with Crippen molar-refractivity contribution < 1.29 is 9.53 Å². The standard InChI is InChI=1S/C22H22N4O2.C2H6/c1-13-10-15(4-6-18(13)22(24)27)21-12-17(8-9-26-21)28-16-5-7-20(25-3)19(11-16)14(2)23;1-2/h4-12,23,25H,1-3H3,(H2,24,27);1-2H3. The lowest BCUT2D eigenvalue weighted by molar-refractivity contribution is 0.0999. The van der Waals surface area contributed by atoms with Gasteiger partial charge in [0.1, 0.15) is 11.5 Å². The minimum absolute atomic E-state index is 0.448. The number of hydrogen-bond acceptors (Lipinski definition) is 5. The number of rotatable bonds is 6. The van der Waals surface area contributed by atoms with E-state index in [1.807, 2.05) is 64.2 Å². The van der Waals surface area contributed by atoms with E-state index in [1.54, 1.807) is 25.3 Å². The number of benzene rings is 2. The normalized spacial score (nSPS) is 9.90. The third-order valence-electron chi connectivity index (χ3n) is 4.42. The molecule has 2 aromatic carbocycles. The molecule has 0 saturated heterocycles. The van der Waals surface area contributed by atoms with Gasteiger partial charge in [-0.2, -0.15) is 0 Å². The molecule has 1 heterocycles. The van der Waals surface area contributed by atoms with Crippen molar-refractivity contribution in [3.8, 4) is 22.8 Å². The van der Waals surface area contributed by atoms with Crippen LogP contribution in [0.5, 0.6) is 11.5 Å². The van der Waals surface area contributed by atoms with E-state index in [4.69, 9.17) is 15.9 Å². The van der Waals surface area contributed by atoms with E-state index in [-0.39, 0.29) is 0 Å². The molecule has 0 fully saturated rings. The third kappa shape index (κ3) is 5.23. The first kappa shape index (κ1) is 22.6. The van der Waals surface area contributed by atoms with Crippen molar-refractivity contribution in [2.75, 3.05) is 12.4 Å². The minimum atomic E-state index is -0.448. The summed E-state index contributed by atoms with van der Waals surface area (Å²) in [6.45, 7) is 7.58. The van der Waals surface area contributed by atoms with Gasteiger partial charge in [-0.25, -0.2) is 0 Å². The lowest BCUT2D eigenvalue weighted by Gasteiger charge is -2.12. The molecule has 0 aliphatic heterocycles. The summed E-state index contributed by atoms with van der Waals surface area (Å²) in [5.74, 6) is 0.821. The molecule has 3 aromatic rings. The van der Waals surface area contributed by atoms with Gasteiger partial charge in [-0.15, -0.1) is 0 Å². The predicted molar refractivity (Wildman–Crippen MR) is 123 cm³/mol. The van der Waals surface area contributed by atoms with E-state index in [0.717, 1.165) is 28.1 Å². The highest BCUT2D eigenvalue weighted by atomic mass is 16.5. The molecule has 0 radical (unpaired) electrons. The van der Waals surface area contributed by atoms with Gasteiger partial charge in [0.15, 0.2) is 0 Å². The smallest absolute Gasteiger partial charge is 0.248 e. The van der Waals surface area contributed by atoms with Crippen LogP contribution in [0.2, 0.25) is 0 Å². The predicted octanol–water partition coefficient (Wildman–Crippen LogP) is 5.40. The number of pyridine rings is 1. The van der Waals surface area contributed by atoms with E-state index in [1.165, 1.54) is 0 Å².